The Morgan fingerprint density at radius 2 is 1.93 bits per heavy atom. The molecule has 1 aromatic carbocycles. The van der Waals surface area contributed by atoms with Gasteiger partial charge in [0.2, 0.25) is 0 Å². The van der Waals surface area contributed by atoms with Gasteiger partial charge in [-0.3, -0.25) is 0 Å². The van der Waals surface area contributed by atoms with Gasteiger partial charge in [0, 0.05) is 12.1 Å². The van der Waals surface area contributed by atoms with Crippen LogP contribution in [0.4, 0.5) is 0 Å². The Hall–Kier alpha value is -0.240. The van der Waals surface area contributed by atoms with Crippen molar-refractivity contribution in [2.24, 2.45) is 0 Å². The van der Waals surface area contributed by atoms with Gasteiger partial charge < -0.3 is 5.32 Å². The van der Waals surface area contributed by atoms with Crippen molar-refractivity contribution in [1.29, 1.82) is 0 Å². The lowest BCUT2D eigenvalue weighted by Crippen LogP contribution is -2.21. The molecule has 0 spiro atoms. The summed E-state index contributed by atoms with van der Waals surface area (Å²) in [5.74, 6) is 0. The normalized spacial score (nSPS) is 24.3. The zero-order chi connectivity index (χ0) is 10.4. The van der Waals surface area contributed by atoms with Crippen molar-refractivity contribution in [3.05, 3.63) is 33.3 Å². The predicted molar refractivity (Wildman–Crippen MR) is 63.7 cm³/mol. The molecule has 0 bridgehead atoms. The highest BCUT2D eigenvalue weighted by Gasteiger charge is 2.30. The third-order valence-corrected chi connectivity index (χ3v) is 4.15. The average Bonchev–Trinajstić information content (AvgIpc) is 2.93. The first kappa shape index (κ1) is 9.95. The molecule has 1 saturated carbocycles. The Labute approximate surface area is 99.8 Å². The predicted octanol–water partition coefficient (Wildman–Crippen LogP) is 3.73. The summed E-state index contributed by atoms with van der Waals surface area (Å²) in [5, 5.41) is 5.10. The maximum Gasteiger partial charge on any atom is 0.0627 e. The Bertz CT molecular complexity index is 399. The summed E-state index contributed by atoms with van der Waals surface area (Å²) in [7, 11) is 0. The number of rotatable bonds is 2. The van der Waals surface area contributed by atoms with Gasteiger partial charge in [-0.05, 0) is 42.9 Å². The summed E-state index contributed by atoms with van der Waals surface area (Å²) >= 11 is 12.2. The highest BCUT2D eigenvalue weighted by Crippen LogP contribution is 2.40. The summed E-state index contributed by atoms with van der Waals surface area (Å²) < 4.78 is 0. The second-order valence-corrected chi connectivity index (χ2v) is 5.25. The fourth-order valence-corrected chi connectivity index (χ4v) is 2.78. The van der Waals surface area contributed by atoms with Gasteiger partial charge in [0.05, 0.1) is 10.0 Å². The van der Waals surface area contributed by atoms with Crippen LogP contribution in [0, 0.1) is 0 Å². The molecule has 2 aliphatic rings. The third-order valence-electron chi connectivity index (χ3n) is 3.30. The van der Waals surface area contributed by atoms with Crippen molar-refractivity contribution in [1.82, 2.24) is 5.32 Å². The van der Waals surface area contributed by atoms with Gasteiger partial charge in [0.25, 0.3) is 0 Å². The summed E-state index contributed by atoms with van der Waals surface area (Å²) in [5.41, 5.74) is 2.61. The number of fused-ring (bicyclic) bond motifs is 1. The fraction of sp³-hybridized carbons (Fsp3) is 0.500. The molecule has 3 heteroatoms. The van der Waals surface area contributed by atoms with Crippen LogP contribution in [0.2, 0.25) is 10.0 Å². The van der Waals surface area contributed by atoms with Crippen LogP contribution in [0.25, 0.3) is 0 Å². The maximum atomic E-state index is 6.20. The van der Waals surface area contributed by atoms with Crippen LogP contribution in [0.1, 0.15) is 36.4 Å². The van der Waals surface area contributed by atoms with E-state index in [0.29, 0.717) is 11.1 Å². The Morgan fingerprint density at radius 1 is 1.13 bits per heavy atom. The summed E-state index contributed by atoms with van der Waals surface area (Å²) in [6.45, 7) is 0. The average molecular weight is 242 g/mol. The molecule has 1 nitrogen and oxygen atoms in total. The first-order valence-electron chi connectivity index (χ1n) is 5.48. The van der Waals surface area contributed by atoms with Crippen molar-refractivity contribution in [3.8, 4) is 0 Å². The Balaban J connectivity index is 1.92. The Kier molecular flexibility index (Phi) is 2.42. The minimum atomic E-state index is 0.502. The smallest absolute Gasteiger partial charge is 0.0627 e. The van der Waals surface area contributed by atoms with E-state index in [0.717, 1.165) is 23.9 Å². The number of nitrogens with one attached hydrogen (secondary N) is 1. The maximum absolute atomic E-state index is 6.20. The van der Waals surface area contributed by atoms with E-state index in [1.54, 1.807) is 0 Å². The van der Waals surface area contributed by atoms with Crippen LogP contribution in [-0.4, -0.2) is 6.04 Å². The molecular weight excluding hydrogens is 229 g/mol. The Morgan fingerprint density at radius 3 is 2.67 bits per heavy atom. The van der Waals surface area contributed by atoms with Crippen molar-refractivity contribution in [2.45, 2.75) is 37.8 Å². The molecule has 15 heavy (non-hydrogen) atoms. The summed E-state index contributed by atoms with van der Waals surface area (Å²) in [4.78, 5) is 0. The van der Waals surface area contributed by atoms with Gasteiger partial charge in [-0.1, -0.05) is 29.3 Å². The number of hydrogen-bond acceptors (Lipinski definition) is 1. The molecule has 1 atom stereocenters. The van der Waals surface area contributed by atoms with Gasteiger partial charge >= 0.3 is 0 Å². The van der Waals surface area contributed by atoms with Crippen LogP contribution in [0.15, 0.2) is 12.1 Å². The van der Waals surface area contributed by atoms with E-state index in [1.165, 1.54) is 24.0 Å². The lowest BCUT2D eigenvalue weighted by Gasteiger charge is -2.13. The lowest BCUT2D eigenvalue weighted by atomic mass is 10.1. The van der Waals surface area contributed by atoms with Crippen molar-refractivity contribution in [3.63, 3.8) is 0 Å². The fourth-order valence-electron chi connectivity index (χ4n) is 2.34. The molecule has 1 fully saturated rings. The van der Waals surface area contributed by atoms with Crippen molar-refractivity contribution in [2.75, 3.05) is 0 Å². The van der Waals surface area contributed by atoms with Gasteiger partial charge in [0.15, 0.2) is 0 Å². The molecule has 1 unspecified atom stereocenters. The highest BCUT2D eigenvalue weighted by atomic mass is 35.5. The molecule has 0 aromatic heterocycles. The second kappa shape index (κ2) is 3.65. The quantitative estimate of drug-likeness (QED) is 0.833. The molecule has 1 N–H and O–H groups in total. The van der Waals surface area contributed by atoms with Crippen LogP contribution < -0.4 is 5.32 Å². The van der Waals surface area contributed by atoms with Gasteiger partial charge in [-0.2, -0.15) is 0 Å². The van der Waals surface area contributed by atoms with E-state index in [4.69, 9.17) is 23.2 Å². The van der Waals surface area contributed by atoms with E-state index >= 15 is 0 Å². The molecule has 0 aliphatic heterocycles. The van der Waals surface area contributed by atoms with Gasteiger partial charge in [-0.15, -0.1) is 0 Å². The zero-order valence-corrected chi connectivity index (χ0v) is 9.91. The van der Waals surface area contributed by atoms with E-state index < -0.39 is 0 Å². The first-order valence-corrected chi connectivity index (χ1v) is 6.24. The molecule has 3 rings (SSSR count). The molecule has 2 aliphatic carbocycles. The monoisotopic (exact) mass is 241 g/mol. The third kappa shape index (κ3) is 1.77. The van der Waals surface area contributed by atoms with Crippen LogP contribution >= 0.6 is 23.2 Å². The number of hydrogen-bond donors (Lipinski definition) is 1. The highest BCUT2D eigenvalue weighted by molar-refractivity contribution is 6.42. The van der Waals surface area contributed by atoms with Crippen LogP contribution in [0.3, 0.4) is 0 Å². The van der Waals surface area contributed by atoms with Gasteiger partial charge in [0.1, 0.15) is 0 Å². The van der Waals surface area contributed by atoms with Crippen LogP contribution in [-0.2, 0) is 6.42 Å². The van der Waals surface area contributed by atoms with Crippen LogP contribution in [0.5, 0.6) is 0 Å². The first-order chi connectivity index (χ1) is 7.25. The number of benzene rings is 1. The molecule has 80 valence electrons. The van der Waals surface area contributed by atoms with Crippen molar-refractivity contribution < 1.29 is 0 Å². The largest absolute Gasteiger partial charge is 0.307 e. The minimum Gasteiger partial charge on any atom is -0.307 e. The molecule has 0 heterocycles. The lowest BCUT2D eigenvalue weighted by molar-refractivity contribution is 0.527. The second-order valence-electron chi connectivity index (χ2n) is 4.46. The minimum absolute atomic E-state index is 0.502. The molecular formula is C12H13Cl2N. The molecule has 1 aromatic rings. The summed E-state index contributed by atoms with van der Waals surface area (Å²) in [6.07, 6.45) is 4.87. The molecule has 0 radical (unpaired) electrons. The zero-order valence-electron chi connectivity index (χ0n) is 8.39. The van der Waals surface area contributed by atoms with Gasteiger partial charge in [-0.25, -0.2) is 0 Å². The summed E-state index contributed by atoms with van der Waals surface area (Å²) in [6, 6.07) is 5.28. The molecule has 0 saturated heterocycles. The standard InChI is InChI=1S/C12H13Cl2N/c13-10-5-3-8-9(12(10)14)4-6-11(8)15-7-1-2-7/h3,5,7,11,15H,1-2,4,6H2. The van der Waals surface area contributed by atoms with Crippen molar-refractivity contribution >= 4 is 23.2 Å². The van der Waals surface area contributed by atoms with E-state index in [1.807, 2.05) is 6.07 Å². The van der Waals surface area contributed by atoms with E-state index in [9.17, 15) is 0 Å². The molecule has 0 amide bonds. The van der Waals surface area contributed by atoms with E-state index in [-0.39, 0.29) is 0 Å². The van der Waals surface area contributed by atoms with E-state index in [2.05, 4.69) is 11.4 Å². The number of halogens is 2. The topological polar surface area (TPSA) is 12.0 Å². The SMILES string of the molecule is Clc1ccc2c(c1Cl)CCC2NC1CC1.